The molecule has 1 amide bonds. The Morgan fingerprint density at radius 2 is 1.60 bits per heavy atom. The van der Waals surface area contributed by atoms with E-state index in [1.165, 1.54) is 32.9 Å². The fourth-order valence-electron chi connectivity index (χ4n) is 3.87. The number of hydrogen-bond donors (Lipinski definition) is 1. The Bertz CT molecular complexity index is 1080. The highest BCUT2D eigenvalue weighted by Crippen LogP contribution is 2.36. The van der Waals surface area contributed by atoms with E-state index in [0.717, 1.165) is 16.7 Å². The van der Waals surface area contributed by atoms with Gasteiger partial charge in [-0.1, -0.05) is 36.4 Å². The summed E-state index contributed by atoms with van der Waals surface area (Å²) in [6.45, 7) is 9.64. The summed E-state index contributed by atoms with van der Waals surface area (Å²) in [4.78, 5) is 38.1. The molecule has 1 aliphatic rings. The second kappa shape index (κ2) is 9.68. The third-order valence-electron chi connectivity index (χ3n) is 5.55. The van der Waals surface area contributed by atoms with Crippen molar-refractivity contribution in [1.82, 2.24) is 5.32 Å². The molecule has 0 bridgehead atoms. The quantitative estimate of drug-likeness (QED) is 0.449. The van der Waals surface area contributed by atoms with E-state index < -0.39 is 40.9 Å². The van der Waals surface area contributed by atoms with Gasteiger partial charge in [0.1, 0.15) is 11.4 Å². The van der Waals surface area contributed by atoms with Crippen LogP contribution >= 0.6 is 0 Å². The number of carbonyl (C=O) groups is 3. The fraction of sp³-hybridized carbons (Fsp3) is 0.444. The first kappa shape index (κ1) is 26.2. The van der Waals surface area contributed by atoms with Gasteiger partial charge in [0.05, 0.1) is 0 Å². The molecular formula is C27H32FNO6. The monoisotopic (exact) mass is 485 g/mol. The van der Waals surface area contributed by atoms with Gasteiger partial charge in [-0.2, -0.15) is 0 Å². The van der Waals surface area contributed by atoms with Crippen molar-refractivity contribution in [1.29, 1.82) is 0 Å². The maximum absolute atomic E-state index is 13.6. The molecular weight excluding hydrogens is 453 g/mol. The van der Waals surface area contributed by atoms with Crippen molar-refractivity contribution in [3.05, 3.63) is 59.9 Å². The molecule has 7 nitrogen and oxygen atoms in total. The van der Waals surface area contributed by atoms with Gasteiger partial charge >= 0.3 is 18.0 Å². The Balaban J connectivity index is 1.82. The summed E-state index contributed by atoms with van der Waals surface area (Å²) in [6, 6.07) is 13.1. The van der Waals surface area contributed by atoms with Gasteiger partial charge in [-0.15, -0.1) is 0 Å². The van der Waals surface area contributed by atoms with Gasteiger partial charge in [-0.3, -0.25) is 9.59 Å². The Hall–Kier alpha value is -3.42. The number of hydrogen-bond acceptors (Lipinski definition) is 6. The molecule has 1 aliphatic heterocycles. The van der Waals surface area contributed by atoms with Gasteiger partial charge in [-0.25, -0.2) is 9.18 Å². The second-order valence-electron chi connectivity index (χ2n) is 10.5. The lowest BCUT2D eigenvalue weighted by Crippen LogP contribution is -2.55. The van der Waals surface area contributed by atoms with Gasteiger partial charge in [-0.05, 0) is 69.4 Å². The van der Waals surface area contributed by atoms with Gasteiger partial charge in [0.25, 0.3) is 5.79 Å². The molecule has 0 aromatic heterocycles. The fourth-order valence-corrected chi connectivity index (χ4v) is 3.87. The van der Waals surface area contributed by atoms with Crippen LogP contribution in [0, 0.1) is 11.2 Å². The molecule has 2 aromatic rings. The average molecular weight is 486 g/mol. The van der Waals surface area contributed by atoms with Gasteiger partial charge in [0.15, 0.2) is 5.41 Å². The van der Waals surface area contributed by atoms with Crippen molar-refractivity contribution < 1.29 is 33.0 Å². The highest BCUT2D eigenvalue weighted by Gasteiger charge is 2.53. The molecule has 0 radical (unpaired) electrons. The standard InChI is InChI=1S/C27H32FNO6/c1-25(2,3)35-24(32)29-21(16-27(6)22(30)33-26(4,5)34-23(27)31)14-17-10-12-18(13-11-17)19-8-7-9-20(28)15-19/h7-13,15,21H,14,16H2,1-6H3,(H,29,32)/t21-/m1/s1. The molecule has 0 unspecified atom stereocenters. The smallest absolute Gasteiger partial charge is 0.407 e. The Labute approximate surface area is 204 Å². The van der Waals surface area contributed by atoms with E-state index in [1.54, 1.807) is 26.8 Å². The lowest BCUT2D eigenvalue weighted by Gasteiger charge is -2.39. The average Bonchev–Trinajstić information content (AvgIpc) is 2.71. The number of halogens is 1. The zero-order valence-electron chi connectivity index (χ0n) is 20.9. The number of alkyl carbamates (subject to hydrolysis) is 1. The van der Waals surface area contributed by atoms with E-state index in [1.807, 2.05) is 30.3 Å². The van der Waals surface area contributed by atoms with Gasteiger partial charge in [0, 0.05) is 19.9 Å². The van der Waals surface area contributed by atoms with Crippen LogP contribution in [0.4, 0.5) is 9.18 Å². The Kier molecular flexibility index (Phi) is 7.24. The Morgan fingerprint density at radius 3 is 2.14 bits per heavy atom. The summed E-state index contributed by atoms with van der Waals surface area (Å²) in [7, 11) is 0. The highest BCUT2D eigenvalue weighted by atomic mass is 19.1. The molecule has 1 atom stereocenters. The molecule has 1 heterocycles. The summed E-state index contributed by atoms with van der Waals surface area (Å²) in [6.07, 6.45) is -0.409. The largest absolute Gasteiger partial charge is 0.444 e. The van der Waals surface area contributed by atoms with Crippen LogP contribution in [0.15, 0.2) is 48.5 Å². The van der Waals surface area contributed by atoms with Crippen LogP contribution in [0.2, 0.25) is 0 Å². The minimum atomic E-state index is -1.60. The maximum atomic E-state index is 13.6. The first-order valence-corrected chi connectivity index (χ1v) is 11.5. The van der Waals surface area contributed by atoms with Crippen molar-refractivity contribution in [2.24, 2.45) is 5.41 Å². The molecule has 0 aliphatic carbocycles. The number of cyclic esters (lactones) is 2. The summed E-state index contributed by atoms with van der Waals surface area (Å²) < 4.78 is 29.6. The van der Waals surface area contributed by atoms with Crippen LogP contribution in [0.1, 0.15) is 53.5 Å². The molecule has 1 N–H and O–H groups in total. The van der Waals surface area contributed by atoms with Crippen LogP contribution in [-0.2, 0) is 30.2 Å². The van der Waals surface area contributed by atoms with E-state index in [2.05, 4.69) is 5.32 Å². The van der Waals surface area contributed by atoms with Gasteiger partial charge in [0.2, 0.25) is 0 Å². The van der Waals surface area contributed by atoms with Crippen LogP contribution < -0.4 is 5.32 Å². The van der Waals surface area contributed by atoms with E-state index in [4.69, 9.17) is 14.2 Å². The second-order valence-corrected chi connectivity index (χ2v) is 10.5. The van der Waals surface area contributed by atoms with E-state index in [0.29, 0.717) is 6.42 Å². The number of esters is 2. The predicted octanol–water partition coefficient (Wildman–Crippen LogP) is 5.16. The van der Waals surface area contributed by atoms with Gasteiger partial charge < -0.3 is 19.5 Å². The normalized spacial score (nSPS) is 17.7. The third kappa shape index (κ3) is 6.81. The summed E-state index contributed by atoms with van der Waals surface area (Å²) in [5.41, 5.74) is 0.0863. The van der Waals surface area contributed by atoms with Crippen molar-refractivity contribution in [2.45, 2.75) is 71.8 Å². The van der Waals surface area contributed by atoms with E-state index >= 15 is 0 Å². The van der Waals surface area contributed by atoms with Crippen LogP contribution in [0.5, 0.6) is 0 Å². The van der Waals surface area contributed by atoms with Crippen LogP contribution in [0.25, 0.3) is 11.1 Å². The number of nitrogens with one attached hydrogen (secondary N) is 1. The minimum Gasteiger partial charge on any atom is -0.444 e. The molecule has 1 saturated heterocycles. The minimum absolute atomic E-state index is 0.0500. The van der Waals surface area contributed by atoms with Crippen molar-refractivity contribution in [3.8, 4) is 11.1 Å². The van der Waals surface area contributed by atoms with Crippen LogP contribution in [-0.4, -0.2) is 35.5 Å². The molecule has 1 fully saturated rings. The molecule has 8 heteroatoms. The molecule has 3 rings (SSSR count). The number of amides is 1. The lowest BCUT2D eigenvalue weighted by atomic mass is 9.81. The first-order chi connectivity index (χ1) is 16.2. The number of benzene rings is 2. The van der Waals surface area contributed by atoms with Crippen LogP contribution in [0.3, 0.4) is 0 Å². The highest BCUT2D eigenvalue weighted by molar-refractivity contribution is 6.01. The van der Waals surface area contributed by atoms with E-state index in [-0.39, 0.29) is 12.2 Å². The van der Waals surface area contributed by atoms with Crippen molar-refractivity contribution >= 4 is 18.0 Å². The molecule has 35 heavy (non-hydrogen) atoms. The molecule has 188 valence electrons. The van der Waals surface area contributed by atoms with E-state index in [9.17, 15) is 18.8 Å². The third-order valence-corrected chi connectivity index (χ3v) is 5.55. The number of ether oxygens (including phenoxy) is 3. The lowest BCUT2D eigenvalue weighted by molar-refractivity contribution is -0.250. The molecule has 2 aromatic carbocycles. The SMILES string of the molecule is CC(C)(C)OC(=O)N[C@H](Cc1ccc(-c2cccc(F)c2)cc1)CC1(C)C(=O)OC(C)(C)OC1=O. The predicted molar refractivity (Wildman–Crippen MR) is 128 cm³/mol. The number of rotatable bonds is 6. The summed E-state index contributed by atoms with van der Waals surface area (Å²) in [5, 5.41) is 2.78. The topological polar surface area (TPSA) is 90.9 Å². The number of carbonyl (C=O) groups excluding carboxylic acids is 3. The zero-order valence-corrected chi connectivity index (χ0v) is 20.9. The molecule has 0 spiro atoms. The summed E-state index contributed by atoms with van der Waals surface area (Å²) >= 11 is 0. The Morgan fingerprint density at radius 1 is 1.00 bits per heavy atom. The summed E-state index contributed by atoms with van der Waals surface area (Å²) in [5.74, 6) is -3.10. The zero-order chi connectivity index (χ0) is 26.0. The molecule has 0 saturated carbocycles. The van der Waals surface area contributed by atoms with Crippen molar-refractivity contribution in [3.63, 3.8) is 0 Å². The maximum Gasteiger partial charge on any atom is 0.407 e. The van der Waals surface area contributed by atoms with Crippen molar-refractivity contribution in [2.75, 3.05) is 0 Å². The first-order valence-electron chi connectivity index (χ1n) is 11.5.